The highest BCUT2D eigenvalue weighted by molar-refractivity contribution is 6.42. The molecule has 2 saturated heterocycles. The average molecular weight is 529 g/mol. The molecule has 0 spiro atoms. The molecule has 8 nitrogen and oxygen atoms in total. The van der Waals surface area contributed by atoms with E-state index < -0.39 is 0 Å². The molecule has 2 fully saturated rings. The third-order valence-electron chi connectivity index (χ3n) is 6.99. The summed E-state index contributed by atoms with van der Waals surface area (Å²) in [6.07, 6.45) is 0. The van der Waals surface area contributed by atoms with Crippen LogP contribution < -0.4 is 9.80 Å². The second-order valence-electron chi connectivity index (χ2n) is 9.12. The van der Waals surface area contributed by atoms with Gasteiger partial charge in [-0.25, -0.2) is 0 Å². The van der Waals surface area contributed by atoms with Gasteiger partial charge in [-0.2, -0.15) is 0 Å². The highest BCUT2D eigenvalue weighted by Crippen LogP contribution is 2.30. The lowest BCUT2D eigenvalue weighted by Gasteiger charge is -2.37. The van der Waals surface area contributed by atoms with Gasteiger partial charge in [0.1, 0.15) is 0 Å². The van der Waals surface area contributed by atoms with Gasteiger partial charge in [-0.1, -0.05) is 47.5 Å². The summed E-state index contributed by atoms with van der Waals surface area (Å²) < 4.78 is 5.18. The molecular weight excluding hydrogens is 499 g/mol. The summed E-state index contributed by atoms with van der Waals surface area (Å²) >= 11 is 12.3. The Morgan fingerprint density at radius 2 is 1.56 bits per heavy atom. The van der Waals surface area contributed by atoms with Gasteiger partial charge in [0.15, 0.2) is 11.5 Å². The Morgan fingerprint density at radius 3 is 2.25 bits per heavy atom. The number of methoxy groups -OCH3 is 1. The van der Waals surface area contributed by atoms with E-state index in [0.717, 1.165) is 68.1 Å². The largest absolute Gasteiger partial charge is 0.383 e. The van der Waals surface area contributed by atoms with Crippen LogP contribution in [0.4, 0.5) is 11.5 Å². The van der Waals surface area contributed by atoms with Crippen molar-refractivity contribution in [3.63, 3.8) is 0 Å². The maximum atomic E-state index is 13.4. The van der Waals surface area contributed by atoms with E-state index in [1.807, 2.05) is 47.4 Å². The van der Waals surface area contributed by atoms with Crippen molar-refractivity contribution in [3.8, 4) is 0 Å². The van der Waals surface area contributed by atoms with Crippen molar-refractivity contribution < 1.29 is 9.53 Å². The number of hydrogen-bond donors (Lipinski definition) is 0. The standard InChI is InChI=1S/C26H30Cl2N6O2/c1-36-17-16-31-8-10-34(11-9-31)26(35)24-20-4-2-3-5-21(20)25(30-29-24)33-14-12-32(13-15-33)19-6-7-22(27)23(28)18-19/h2-7,18H,8-17H2,1H3. The van der Waals surface area contributed by atoms with Crippen LogP contribution in [0, 0.1) is 0 Å². The fourth-order valence-electron chi connectivity index (χ4n) is 4.88. The Labute approximate surface area is 221 Å². The molecule has 1 amide bonds. The molecule has 10 heteroatoms. The first kappa shape index (κ1) is 25.0. The summed E-state index contributed by atoms with van der Waals surface area (Å²) in [4.78, 5) is 22.1. The van der Waals surface area contributed by atoms with E-state index >= 15 is 0 Å². The van der Waals surface area contributed by atoms with E-state index in [2.05, 4.69) is 24.9 Å². The van der Waals surface area contributed by atoms with Crippen molar-refractivity contribution in [1.29, 1.82) is 0 Å². The SMILES string of the molecule is COCCN1CCN(C(=O)c2nnc(N3CCN(c4ccc(Cl)c(Cl)c4)CC3)c3ccccc23)CC1. The highest BCUT2D eigenvalue weighted by Gasteiger charge is 2.27. The zero-order valence-electron chi connectivity index (χ0n) is 20.4. The molecule has 2 aromatic carbocycles. The molecule has 0 N–H and O–H groups in total. The van der Waals surface area contributed by atoms with Gasteiger partial charge in [-0.3, -0.25) is 9.69 Å². The fourth-order valence-corrected chi connectivity index (χ4v) is 5.18. The van der Waals surface area contributed by atoms with E-state index in [9.17, 15) is 4.79 Å². The fraction of sp³-hybridized carbons (Fsp3) is 0.423. The summed E-state index contributed by atoms with van der Waals surface area (Å²) in [6.45, 7) is 7.83. The van der Waals surface area contributed by atoms with E-state index in [1.54, 1.807) is 7.11 Å². The smallest absolute Gasteiger partial charge is 0.275 e. The number of rotatable bonds is 6. The Hall–Kier alpha value is -2.65. The van der Waals surface area contributed by atoms with Crippen LogP contribution in [0.15, 0.2) is 42.5 Å². The molecule has 0 saturated carbocycles. The predicted octanol–water partition coefficient (Wildman–Crippen LogP) is 3.67. The third-order valence-corrected chi connectivity index (χ3v) is 7.73. The number of benzene rings is 2. The lowest BCUT2D eigenvalue weighted by molar-refractivity contribution is 0.0590. The Morgan fingerprint density at radius 1 is 0.861 bits per heavy atom. The maximum absolute atomic E-state index is 13.4. The molecule has 1 aromatic heterocycles. The van der Waals surface area contributed by atoms with E-state index in [-0.39, 0.29) is 5.91 Å². The third kappa shape index (κ3) is 5.22. The topological polar surface area (TPSA) is 65.0 Å². The normalized spacial score (nSPS) is 17.1. The van der Waals surface area contributed by atoms with Gasteiger partial charge in [0.2, 0.25) is 0 Å². The lowest BCUT2D eigenvalue weighted by atomic mass is 10.1. The van der Waals surface area contributed by atoms with Crippen LogP contribution in [0.2, 0.25) is 10.0 Å². The number of aromatic nitrogens is 2. The minimum Gasteiger partial charge on any atom is -0.383 e. The molecule has 190 valence electrons. The van der Waals surface area contributed by atoms with Crippen LogP contribution in [0.5, 0.6) is 0 Å². The summed E-state index contributed by atoms with van der Waals surface area (Å²) in [5, 5.41) is 12.0. The number of carbonyl (C=O) groups excluding carboxylic acids is 1. The first-order chi connectivity index (χ1) is 17.5. The van der Waals surface area contributed by atoms with Gasteiger partial charge in [0.25, 0.3) is 5.91 Å². The van der Waals surface area contributed by atoms with Crippen LogP contribution in [0.25, 0.3) is 10.8 Å². The Bertz CT molecular complexity index is 1230. The first-order valence-corrected chi connectivity index (χ1v) is 13.0. The van der Waals surface area contributed by atoms with Crippen LogP contribution in [-0.2, 0) is 4.74 Å². The van der Waals surface area contributed by atoms with E-state index in [4.69, 9.17) is 27.9 Å². The second kappa shape index (κ2) is 11.2. The molecule has 0 unspecified atom stereocenters. The van der Waals surface area contributed by atoms with Crippen LogP contribution >= 0.6 is 23.2 Å². The van der Waals surface area contributed by atoms with Gasteiger partial charge in [0, 0.05) is 82.5 Å². The average Bonchev–Trinajstić information content (AvgIpc) is 2.93. The Balaban J connectivity index is 1.31. The minimum atomic E-state index is -0.0546. The van der Waals surface area contributed by atoms with Gasteiger partial charge in [-0.15, -0.1) is 10.2 Å². The minimum absolute atomic E-state index is 0.0546. The predicted molar refractivity (Wildman–Crippen MR) is 145 cm³/mol. The number of piperazine rings is 2. The van der Waals surface area contributed by atoms with Crippen LogP contribution in [0.3, 0.4) is 0 Å². The number of ether oxygens (including phenoxy) is 1. The molecule has 36 heavy (non-hydrogen) atoms. The van der Waals surface area contributed by atoms with Crippen molar-refractivity contribution in [2.75, 3.05) is 82.4 Å². The number of carbonyl (C=O) groups is 1. The molecule has 2 aliphatic rings. The highest BCUT2D eigenvalue weighted by atomic mass is 35.5. The van der Waals surface area contributed by atoms with E-state index in [0.29, 0.717) is 35.4 Å². The monoisotopic (exact) mass is 528 g/mol. The Kier molecular flexibility index (Phi) is 7.76. The van der Waals surface area contributed by atoms with Crippen molar-refractivity contribution in [2.45, 2.75) is 0 Å². The molecule has 3 heterocycles. The van der Waals surface area contributed by atoms with Crippen molar-refractivity contribution in [2.24, 2.45) is 0 Å². The van der Waals surface area contributed by atoms with Crippen molar-refractivity contribution >= 4 is 51.4 Å². The maximum Gasteiger partial charge on any atom is 0.275 e. The number of anilines is 2. The van der Waals surface area contributed by atoms with Gasteiger partial charge < -0.3 is 19.4 Å². The van der Waals surface area contributed by atoms with Gasteiger partial charge >= 0.3 is 0 Å². The molecule has 2 aliphatic heterocycles. The van der Waals surface area contributed by atoms with Crippen molar-refractivity contribution in [1.82, 2.24) is 20.0 Å². The molecule has 5 rings (SSSR count). The number of amides is 1. The quantitative estimate of drug-likeness (QED) is 0.483. The zero-order chi connectivity index (χ0) is 25.1. The number of nitrogens with zero attached hydrogens (tertiary/aromatic N) is 6. The first-order valence-electron chi connectivity index (χ1n) is 12.3. The lowest BCUT2D eigenvalue weighted by Crippen LogP contribution is -2.49. The number of hydrogen-bond acceptors (Lipinski definition) is 7. The molecule has 0 bridgehead atoms. The molecule has 0 atom stereocenters. The molecular formula is C26H30Cl2N6O2. The summed E-state index contributed by atoms with van der Waals surface area (Å²) in [6, 6.07) is 13.7. The summed E-state index contributed by atoms with van der Waals surface area (Å²) in [5.74, 6) is 0.765. The van der Waals surface area contributed by atoms with Gasteiger partial charge in [-0.05, 0) is 18.2 Å². The summed E-state index contributed by atoms with van der Waals surface area (Å²) in [5.41, 5.74) is 1.48. The number of fused-ring (bicyclic) bond motifs is 1. The molecule has 0 radical (unpaired) electrons. The van der Waals surface area contributed by atoms with Crippen LogP contribution in [-0.4, -0.2) is 98.5 Å². The van der Waals surface area contributed by atoms with Crippen LogP contribution in [0.1, 0.15) is 10.5 Å². The van der Waals surface area contributed by atoms with Crippen molar-refractivity contribution in [3.05, 3.63) is 58.2 Å². The summed E-state index contributed by atoms with van der Waals surface area (Å²) in [7, 11) is 1.71. The molecule has 0 aliphatic carbocycles. The number of halogens is 2. The molecule has 3 aromatic rings. The van der Waals surface area contributed by atoms with E-state index in [1.165, 1.54) is 0 Å². The zero-order valence-corrected chi connectivity index (χ0v) is 21.9. The second-order valence-corrected chi connectivity index (χ2v) is 9.93. The van der Waals surface area contributed by atoms with Gasteiger partial charge in [0.05, 0.1) is 16.7 Å².